The number of carbonyl (C=O) groups is 1. The third-order valence-electron chi connectivity index (χ3n) is 5.80. The van der Waals surface area contributed by atoms with Crippen LogP contribution in [0.25, 0.3) is 11.3 Å². The van der Waals surface area contributed by atoms with Gasteiger partial charge >= 0.3 is 0 Å². The second-order valence-corrected chi connectivity index (χ2v) is 8.35. The maximum absolute atomic E-state index is 12.6. The van der Waals surface area contributed by atoms with E-state index in [1.807, 2.05) is 54.9 Å². The van der Waals surface area contributed by atoms with Gasteiger partial charge in [-0.3, -0.25) is 19.4 Å². The van der Waals surface area contributed by atoms with Gasteiger partial charge in [0.15, 0.2) is 0 Å². The topological polar surface area (TPSA) is 81.9 Å². The van der Waals surface area contributed by atoms with Crippen molar-refractivity contribution in [3.05, 3.63) is 95.2 Å². The molecule has 1 aliphatic heterocycles. The Hall–Kier alpha value is -4.00. The van der Waals surface area contributed by atoms with Gasteiger partial charge in [0.2, 0.25) is 0 Å². The van der Waals surface area contributed by atoms with Crippen LogP contribution < -0.4 is 10.1 Å². The fourth-order valence-electron chi connectivity index (χ4n) is 4.12. The number of benzene rings is 2. The van der Waals surface area contributed by atoms with E-state index in [0.717, 1.165) is 45.9 Å². The van der Waals surface area contributed by atoms with Crippen molar-refractivity contribution in [2.45, 2.75) is 32.9 Å². The van der Waals surface area contributed by atoms with Crippen LogP contribution in [0.2, 0.25) is 0 Å². The summed E-state index contributed by atoms with van der Waals surface area (Å²) >= 11 is 0. The number of ether oxygens (including phenoxy) is 1. The van der Waals surface area contributed by atoms with E-state index in [-0.39, 0.29) is 12.0 Å². The fraction of sp³-hybridized carbons (Fsp3) is 0.231. The molecular weight excluding hydrogens is 414 g/mol. The molecular formula is C26H25N5O2. The van der Waals surface area contributed by atoms with Gasteiger partial charge in [0, 0.05) is 35.6 Å². The minimum atomic E-state index is -0.104. The smallest absolute Gasteiger partial charge is 0.251 e. The number of amides is 1. The molecule has 4 aromatic rings. The molecule has 33 heavy (non-hydrogen) atoms. The Labute approximate surface area is 192 Å². The molecule has 0 aliphatic carbocycles. The van der Waals surface area contributed by atoms with E-state index in [2.05, 4.69) is 32.5 Å². The van der Waals surface area contributed by atoms with E-state index in [1.54, 1.807) is 18.6 Å². The molecule has 3 heterocycles. The second-order valence-electron chi connectivity index (χ2n) is 8.35. The largest absolute Gasteiger partial charge is 0.488 e. The molecule has 1 unspecified atom stereocenters. The molecule has 2 aromatic carbocycles. The summed E-state index contributed by atoms with van der Waals surface area (Å²) in [5, 5.41) is 7.49. The molecule has 0 fully saturated rings. The average Bonchev–Trinajstić information content (AvgIpc) is 3.39. The normalized spacial score (nSPS) is 14.5. The standard InChI is InChI=1S/C26H25N5O2/c1-17-11-18(2)31(30-17)16-19-3-5-20(6-4-19)26(32)29-14-23-13-22-12-21(7-8-25(22)33-23)24-15-27-9-10-28-24/h3-12,15,23H,13-14,16H2,1-2H3,(H,29,32). The van der Waals surface area contributed by atoms with Crippen molar-refractivity contribution in [1.82, 2.24) is 25.1 Å². The van der Waals surface area contributed by atoms with Gasteiger partial charge in [-0.2, -0.15) is 5.10 Å². The summed E-state index contributed by atoms with van der Waals surface area (Å²) in [4.78, 5) is 21.1. The molecule has 1 aliphatic rings. The van der Waals surface area contributed by atoms with Crippen LogP contribution in [0, 0.1) is 13.8 Å². The lowest BCUT2D eigenvalue weighted by molar-refractivity contribution is 0.0933. The van der Waals surface area contributed by atoms with Crippen molar-refractivity contribution < 1.29 is 9.53 Å². The number of aromatic nitrogens is 4. The van der Waals surface area contributed by atoms with Crippen molar-refractivity contribution >= 4 is 5.91 Å². The Morgan fingerprint density at radius 2 is 1.97 bits per heavy atom. The molecule has 7 nitrogen and oxygen atoms in total. The third-order valence-corrected chi connectivity index (χ3v) is 5.80. The van der Waals surface area contributed by atoms with Crippen LogP contribution in [0.15, 0.2) is 67.1 Å². The number of nitrogens with one attached hydrogen (secondary N) is 1. The second kappa shape index (κ2) is 8.86. The van der Waals surface area contributed by atoms with E-state index in [9.17, 15) is 4.79 Å². The fourth-order valence-corrected chi connectivity index (χ4v) is 4.12. The van der Waals surface area contributed by atoms with Crippen LogP contribution in [0.1, 0.15) is 32.9 Å². The number of fused-ring (bicyclic) bond motifs is 1. The van der Waals surface area contributed by atoms with Crippen LogP contribution in [-0.2, 0) is 13.0 Å². The summed E-state index contributed by atoms with van der Waals surface area (Å²) in [7, 11) is 0. The molecule has 0 bridgehead atoms. The highest BCUT2D eigenvalue weighted by atomic mass is 16.5. The third kappa shape index (κ3) is 4.62. The first-order chi connectivity index (χ1) is 16.0. The molecule has 7 heteroatoms. The van der Waals surface area contributed by atoms with Gasteiger partial charge in [0.05, 0.1) is 30.7 Å². The highest BCUT2D eigenvalue weighted by Gasteiger charge is 2.24. The van der Waals surface area contributed by atoms with Gasteiger partial charge < -0.3 is 10.1 Å². The summed E-state index contributed by atoms with van der Waals surface area (Å²) in [6, 6.07) is 15.7. The highest BCUT2D eigenvalue weighted by Crippen LogP contribution is 2.32. The number of hydrogen-bond acceptors (Lipinski definition) is 5. The molecule has 166 valence electrons. The molecule has 0 spiro atoms. The van der Waals surface area contributed by atoms with Gasteiger partial charge in [0.1, 0.15) is 11.9 Å². The first-order valence-corrected chi connectivity index (χ1v) is 11.0. The lowest BCUT2D eigenvalue weighted by Crippen LogP contribution is -2.34. The van der Waals surface area contributed by atoms with Crippen molar-refractivity contribution in [2.24, 2.45) is 0 Å². The first-order valence-electron chi connectivity index (χ1n) is 11.0. The maximum Gasteiger partial charge on any atom is 0.251 e. The Morgan fingerprint density at radius 3 is 2.70 bits per heavy atom. The van der Waals surface area contributed by atoms with Crippen molar-refractivity contribution in [3.63, 3.8) is 0 Å². The number of rotatable bonds is 6. The SMILES string of the molecule is Cc1cc(C)n(Cc2ccc(C(=O)NCC3Cc4cc(-c5cnccn5)ccc4O3)cc2)n1. The van der Waals surface area contributed by atoms with Crippen molar-refractivity contribution in [3.8, 4) is 17.0 Å². The van der Waals surface area contributed by atoms with Gasteiger partial charge in [-0.05, 0) is 61.4 Å². The van der Waals surface area contributed by atoms with Crippen LogP contribution in [-0.4, -0.2) is 38.3 Å². The lowest BCUT2D eigenvalue weighted by Gasteiger charge is -2.12. The molecule has 2 aromatic heterocycles. The minimum Gasteiger partial charge on any atom is -0.488 e. The van der Waals surface area contributed by atoms with Crippen molar-refractivity contribution in [2.75, 3.05) is 6.54 Å². The molecule has 1 atom stereocenters. The zero-order chi connectivity index (χ0) is 22.8. The van der Waals surface area contributed by atoms with Crippen LogP contribution >= 0.6 is 0 Å². The average molecular weight is 440 g/mol. The van der Waals surface area contributed by atoms with Crippen LogP contribution in [0.4, 0.5) is 0 Å². The van der Waals surface area contributed by atoms with Crippen molar-refractivity contribution in [1.29, 1.82) is 0 Å². The zero-order valence-electron chi connectivity index (χ0n) is 18.7. The quantitative estimate of drug-likeness (QED) is 0.495. The Bertz CT molecular complexity index is 1280. The Morgan fingerprint density at radius 1 is 1.12 bits per heavy atom. The number of nitrogens with zero attached hydrogens (tertiary/aromatic N) is 4. The minimum absolute atomic E-state index is 0.0913. The first kappa shape index (κ1) is 20.9. The molecule has 0 saturated heterocycles. The molecule has 1 amide bonds. The van der Waals surface area contributed by atoms with Crippen LogP contribution in [0.5, 0.6) is 5.75 Å². The van der Waals surface area contributed by atoms with Gasteiger partial charge in [-0.25, -0.2) is 0 Å². The van der Waals surface area contributed by atoms with Crippen LogP contribution in [0.3, 0.4) is 0 Å². The maximum atomic E-state index is 12.6. The van der Waals surface area contributed by atoms with Gasteiger partial charge in [-0.1, -0.05) is 12.1 Å². The van der Waals surface area contributed by atoms with E-state index < -0.39 is 0 Å². The summed E-state index contributed by atoms with van der Waals surface area (Å²) < 4.78 is 7.99. The van der Waals surface area contributed by atoms with E-state index in [1.165, 1.54) is 0 Å². The molecule has 5 rings (SSSR count). The molecule has 0 radical (unpaired) electrons. The lowest BCUT2D eigenvalue weighted by atomic mass is 10.0. The van der Waals surface area contributed by atoms with E-state index in [4.69, 9.17) is 4.74 Å². The Balaban J connectivity index is 1.17. The van der Waals surface area contributed by atoms with E-state index in [0.29, 0.717) is 18.7 Å². The molecule has 1 N–H and O–H groups in total. The number of aryl methyl sites for hydroxylation is 2. The summed E-state index contributed by atoms with van der Waals surface area (Å²) in [5.74, 6) is 0.753. The highest BCUT2D eigenvalue weighted by molar-refractivity contribution is 5.94. The monoisotopic (exact) mass is 439 g/mol. The number of carbonyl (C=O) groups excluding carboxylic acids is 1. The predicted octanol–water partition coefficient (Wildman–Crippen LogP) is 3.74. The summed E-state index contributed by atoms with van der Waals surface area (Å²) in [5.41, 5.74) is 6.82. The Kier molecular flexibility index (Phi) is 5.60. The summed E-state index contributed by atoms with van der Waals surface area (Å²) in [6.07, 6.45) is 5.74. The summed E-state index contributed by atoms with van der Waals surface area (Å²) in [6.45, 7) is 5.16. The number of hydrogen-bond donors (Lipinski definition) is 1. The zero-order valence-corrected chi connectivity index (χ0v) is 18.7. The molecule has 0 saturated carbocycles. The van der Waals surface area contributed by atoms with Gasteiger partial charge in [-0.15, -0.1) is 0 Å². The van der Waals surface area contributed by atoms with Gasteiger partial charge in [0.25, 0.3) is 5.91 Å². The predicted molar refractivity (Wildman–Crippen MR) is 125 cm³/mol. The van der Waals surface area contributed by atoms with E-state index >= 15 is 0 Å².